The van der Waals surface area contributed by atoms with Crippen molar-refractivity contribution >= 4 is 23.4 Å². The van der Waals surface area contributed by atoms with Crippen molar-refractivity contribution in [3.05, 3.63) is 35.4 Å². The van der Waals surface area contributed by atoms with Gasteiger partial charge in [-0.25, -0.2) is 5.10 Å². The normalized spacial score (nSPS) is 11.5. The molecule has 1 heterocycles. The number of aryl methyl sites for hydroxylation is 1. The molecule has 0 aliphatic heterocycles. The summed E-state index contributed by atoms with van der Waals surface area (Å²) in [5.41, 5.74) is 3.38. The average molecular weight is 304 g/mol. The van der Waals surface area contributed by atoms with Crippen LogP contribution in [-0.2, 0) is 0 Å². The zero-order chi connectivity index (χ0) is 15.2. The first-order valence-corrected chi connectivity index (χ1v) is 7.69. The van der Waals surface area contributed by atoms with Gasteiger partial charge in [-0.15, -0.1) is 5.10 Å². The zero-order valence-corrected chi connectivity index (χ0v) is 13.5. The molecule has 0 aliphatic carbocycles. The smallest absolute Gasteiger partial charge is 0.223 e. The molecule has 2 aromatic rings. The number of methoxy groups -OCH3 is 1. The van der Waals surface area contributed by atoms with Crippen molar-refractivity contribution in [2.24, 2.45) is 0 Å². The lowest BCUT2D eigenvalue weighted by molar-refractivity contribution is 0.414. The van der Waals surface area contributed by atoms with E-state index in [4.69, 9.17) is 4.74 Å². The summed E-state index contributed by atoms with van der Waals surface area (Å²) in [6.45, 7) is 6.15. The number of ether oxygens (including phenoxy) is 1. The van der Waals surface area contributed by atoms with Gasteiger partial charge in [0.2, 0.25) is 11.1 Å². The quantitative estimate of drug-likeness (QED) is 0.625. The van der Waals surface area contributed by atoms with Gasteiger partial charge in [-0.2, -0.15) is 4.98 Å². The van der Waals surface area contributed by atoms with E-state index >= 15 is 0 Å². The molecule has 1 aromatic heterocycles. The van der Waals surface area contributed by atoms with Gasteiger partial charge >= 0.3 is 0 Å². The van der Waals surface area contributed by atoms with Crippen LogP contribution < -0.4 is 10.1 Å². The van der Waals surface area contributed by atoms with Crippen LogP contribution in [0.5, 0.6) is 5.75 Å². The number of thioether (sulfide) groups is 1. The molecule has 0 amide bonds. The molecule has 0 fully saturated rings. The van der Waals surface area contributed by atoms with Crippen LogP contribution in [0.15, 0.2) is 35.0 Å². The third kappa shape index (κ3) is 4.26. The lowest BCUT2D eigenvalue weighted by atomic mass is 10.2. The molecule has 0 bridgehead atoms. The number of rotatable bonds is 6. The molecule has 0 atom stereocenters. The molecule has 0 saturated carbocycles. The fourth-order valence-electron chi connectivity index (χ4n) is 1.66. The Kier molecular flexibility index (Phi) is 5.27. The van der Waals surface area contributed by atoms with Gasteiger partial charge in [0.25, 0.3) is 0 Å². The molecule has 0 unspecified atom stereocenters. The maximum absolute atomic E-state index is 5.20. The van der Waals surface area contributed by atoms with E-state index in [1.54, 1.807) is 18.9 Å². The molecule has 0 radical (unpaired) electrons. The van der Waals surface area contributed by atoms with Crippen molar-refractivity contribution in [1.82, 2.24) is 15.2 Å². The number of hydrogen-bond donors (Lipinski definition) is 2. The van der Waals surface area contributed by atoms with E-state index in [2.05, 4.69) is 33.5 Å². The Morgan fingerprint density at radius 2 is 2.29 bits per heavy atom. The van der Waals surface area contributed by atoms with Crippen molar-refractivity contribution in [1.29, 1.82) is 0 Å². The van der Waals surface area contributed by atoms with E-state index in [1.165, 1.54) is 5.57 Å². The van der Waals surface area contributed by atoms with Crippen LogP contribution in [-0.4, -0.2) is 28.0 Å². The minimum Gasteiger partial charge on any atom is -0.497 e. The second kappa shape index (κ2) is 7.17. The van der Waals surface area contributed by atoms with E-state index in [0.717, 1.165) is 27.9 Å². The van der Waals surface area contributed by atoms with Crippen LogP contribution in [0.25, 0.3) is 0 Å². The van der Waals surface area contributed by atoms with Crippen LogP contribution in [0.2, 0.25) is 0 Å². The lowest BCUT2D eigenvalue weighted by Crippen LogP contribution is -1.95. The fourth-order valence-corrected chi connectivity index (χ4v) is 2.45. The first-order valence-electron chi connectivity index (χ1n) is 6.71. The summed E-state index contributed by atoms with van der Waals surface area (Å²) in [4.78, 5) is 4.42. The maximum Gasteiger partial charge on any atom is 0.223 e. The highest BCUT2D eigenvalue weighted by Gasteiger charge is 2.06. The molecular weight excluding hydrogens is 284 g/mol. The molecule has 112 valence electrons. The predicted octanol–water partition coefficient (Wildman–Crippen LogP) is 3.92. The molecule has 0 spiro atoms. The Morgan fingerprint density at radius 3 is 2.95 bits per heavy atom. The number of benzene rings is 1. The number of nitrogens with zero attached hydrogens (tertiary/aromatic N) is 2. The van der Waals surface area contributed by atoms with Gasteiger partial charge in [-0.1, -0.05) is 23.4 Å². The Balaban J connectivity index is 2.02. The first kappa shape index (κ1) is 15.4. The summed E-state index contributed by atoms with van der Waals surface area (Å²) in [6.07, 6.45) is 2.10. The van der Waals surface area contributed by atoms with Crippen molar-refractivity contribution < 1.29 is 4.74 Å². The van der Waals surface area contributed by atoms with E-state index in [-0.39, 0.29) is 0 Å². The van der Waals surface area contributed by atoms with Crippen molar-refractivity contribution in [3.8, 4) is 5.75 Å². The largest absolute Gasteiger partial charge is 0.497 e. The van der Waals surface area contributed by atoms with Crippen LogP contribution in [0, 0.1) is 6.92 Å². The molecule has 6 heteroatoms. The average Bonchev–Trinajstić information content (AvgIpc) is 2.94. The monoisotopic (exact) mass is 304 g/mol. The summed E-state index contributed by atoms with van der Waals surface area (Å²) >= 11 is 1.61. The molecule has 0 aliphatic rings. The standard InChI is InChI=1S/C15H20N4OS/c1-5-10(2)9-21-15-17-14(18-19-15)16-13-7-6-12(20-4)8-11(13)3/h5-8H,9H2,1-4H3,(H2,16,17,18,19)/b10-5+. The molecule has 2 rings (SSSR count). The Hall–Kier alpha value is -1.95. The Bertz CT molecular complexity index is 636. The molecule has 0 saturated heterocycles. The summed E-state index contributed by atoms with van der Waals surface area (Å²) in [7, 11) is 1.66. The highest BCUT2D eigenvalue weighted by atomic mass is 32.2. The van der Waals surface area contributed by atoms with Gasteiger partial charge < -0.3 is 10.1 Å². The third-order valence-corrected chi connectivity index (χ3v) is 4.11. The second-order valence-electron chi connectivity index (χ2n) is 4.70. The van der Waals surface area contributed by atoms with Crippen LogP contribution >= 0.6 is 11.8 Å². The topological polar surface area (TPSA) is 62.8 Å². The van der Waals surface area contributed by atoms with Crippen molar-refractivity contribution in [3.63, 3.8) is 0 Å². The predicted molar refractivity (Wildman–Crippen MR) is 87.6 cm³/mol. The molecule has 21 heavy (non-hydrogen) atoms. The maximum atomic E-state index is 5.20. The van der Waals surface area contributed by atoms with E-state index in [0.29, 0.717) is 5.95 Å². The number of aromatic amines is 1. The molecular formula is C15H20N4OS. The summed E-state index contributed by atoms with van der Waals surface area (Å²) in [6, 6.07) is 5.86. The number of aromatic nitrogens is 3. The van der Waals surface area contributed by atoms with Crippen molar-refractivity contribution in [2.75, 3.05) is 18.2 Å². The lowest BCUT2D eigenvalue weighted by Gasteiger charge is -2.08. The second-order valence-corrected chi connectivity index (χ2v) is 5.64. The van der Waals surface area contributed by atoms with E-state index < -0.39 is 0 Å². The van der Waals surface area contributed by atoms with Gasteiger partial charge in [0.05, 0.1) is 7.11 Å². The minimum absolute atomic E-state index is 0.642. The van der Waals surface area contributed by atoms with Gasteiger partial charge in [-0.05, 0) is 44.5 Å². The number of H-pyrrole nitrogens is 1. The summed E-state index contributed by atoms with van der Waals surface area (Å²) in [5.74, 6) is 2.38. The fraction of sp³-hybridized carbons (Fsp3) is 0.333. The summed E-state index contributed by atoms with van der Waals surface area (Å²) in [5, 5.41) is 11.1. The third-order valence-electron chi connectivity index (χ3n) is 3.07. The number of nitrogens with one attached hydrogen (secondary N) is 2. The Labute approximate surface area is 129 Å². The number of allylic oxidation sites excluding steroid dienone is 1. The molecule has 1 aromatic carbocycles. The Morgan fingerprint density at radius 1 is 1.48 bits per heavy atom. The van der Waals surface area contributed by atoms with Gasteiger partial charge in [0.1, 0.15) is 5.75 Å². The van der Waals surface area contributed by atoms with Crippen LogP contribution in [0.4, 0.5) is 11.6 Å². The highest BCUT2D eigenvalue weighted by Crippen LogP contribution is 2.24. The first-order chi connectivity index (χ1) is 10.1. The molecule has 5 nitrogen and oxygen atoms in total. The summed E-state index contributed by atoms with van der Waals surface area (Å²) < 4.78 is 5.20. The van der Waals surface area contributed by atoms with Gasteiger partial charge in [0, 0.05) is 11.4 Å². The SMILES string of the molecule is C/C=C(\C)CSc1n[nH]c(Nc2ccc(OC)cc2C)n1. The van der Waals surface area contributed by atoms with Crippen molar-refractivity contribution in [2.45, 2.75) is 25.9 Å². The number of hydrogen-bond acceptors (Lipinski definition) is 5. The van der Waals surface area contributed by atoms with Crippen LogP contribution in [0.3, 0.4) is 0 Å². The zero-order valence-electron chi connectivity index (χ0n) is 12.7. The van der Waals surface area contributed by atoms with Crippen LogP contribution in [0.1, 0.15) is 19.4 Å². The highest BCUT2D eigenvalue weighted by molar-refractivity contribution is 7.99. The number of anilines is 2. The van der Waals surface area contributed by atoms with E-state index in [1.807, 2.05) is 32.0 Å². The van der Waals surface area contributed by atoms with Gasteiger partial charge in [0.15, 0.2) is 0 Å². The molecule has 2 N–H and O–H groups in total. The van der Waals surface area contributed by atoms with Gasteiger partial charge in [-0.3, -0.25) is 0 Å². The van der Waals surface area contributed by atoms with E-state index in [9.17, 15) is 0 Å². The minimum atomic E-state index is 0.642.